The van der Waals surface area contributed by atoms with E-state index in [2.05, 4.69) is 4.98 Å². The first-order chi connectivity index (χ1) is 13.2. The topological polar surface area (TPSA) is 63.0 Å². The molecule has 0 aliphatic heterocycles. The van der Waals surface area contributed by atoms with Gasteiger partial charge in [-0.1, -0.05) is 48.0 Å². The lowest BCUT2D eigenvalue weighted by Crippen LogP contribution is -2.03. The van der Waals surface area contributed by atoms with Crippen LogP contribution >= 0.6 is 0 Å². The highest BCUT2D eigenvalue weighted by atomic mass is 16.5. The summed E-state index contributed by atoms with van der Waals surface area (Å²) in [6, 6.07) is 20.3. The fourth-order valence-electron chi connectivity index (χ4n) is 2.62. The summed E-state index contributed by atoms with van der Waals surface area (Å²) >= 11 is 0. The largest absolute Gasteiger partial charge is 0.488 e. The number of rotatable bonds is 6. The number of hydrogen-bond acceptors (Lipinski definition) is 4. The Labute approximate surface area is 158 Å². The van der Waals surface area contributed by atoms with E-state index in [9.17, 15) is 10.1 Å². The van der Waals surface area contributed by atoms with Gasteiger partial charge in [-0.2, -0.15) is 5.26 Å². The Morgan fingerprint density at radius 1 is 1.15 bits per heavy atom. The summed E-state index contributed by atoms with van der Waals surface area (Å²) in [4.78, 5) is 16.7. The Morgan fingerprint density at radius 2 is 2.00 bits per heavy atom. The fraction of sp³-hybridized carbons (Fsp3) is 0.0870. The molecule has 3 rings (SSSR count). The molecule has 0 fully saturated rings. The molecule has 0 unspecified atom stereocenters. The second-order valence-corrected chi connectivity index (χ2v) is 6.06. The Bertz CT molecular complexity index is 1020. The maximum Gasteiger partial charge on any atom is 0.203 e. The molecular weight excluding hydrogens is 336 g/mol. The van der Waals surface area contributed by atoms with Gasteiger partial charge in [0.2, 0.25) is 5.78 Å². The van der Waals surface area contributed by atoms with Crippen LogP contribution in [0.4, 0.5) is 0 Å². The molecule has 2 aromatic carbocycles. The quantitative estimate of drug-likeness (QED) is 0.364. The van der Waals surface area contributed by atoms with Crippen molar-refractivity contribution < 1.29 is 9.53 Å². The van der Waals surface area contributed by atoms with Crippen LogP contribution in [0.1, 0.15) is 27.0 Å². The first kappa shape index (κ1) is 18.1. The average molecular weight is 354 g/mol. The number of ether oxygens (including phenoxy) is 1. The van der Waals surface area contributed by atoms with Crippen molar-refractivity contribution in [1.29, 1.82) is 5.26 Å². The number of Topliss-reactive ketones (excluding diaryl/α,β-unsaturated/α-hetero) is 1. The summed E-state index contributed by atoms with van der Waals surface area (Å²) in [5.74, 6) is 0.300. The standard InChI is InChI=1S/C23H18N2O2/c1-17-6-4-9-20(12-17)23(26)21(14-24)13-19-8-2-3-10-22(19)27-16-18-7-5-11-25-15-18/h2-13,15H,16H2,1H3/b21-13+. The molecule has 27 heavy (non-hydrogen) atoms. The number of nitriles is 1. The molecule has 0 radical (unpaired) electrons. The van der Waals surface area contributed by atoms with Crippen LogP contribution in [-0.4, -0.2) is 10.8 Å². The minimum atomic E-state index is -0.303. The molecule has 0 saturated heterocycles. The van der Waals surface area contributed by atoms with Crippen molar-refractivity contribution in [3.63, 3.8) is 0 Å². The molecule has 0 N–H and O–H groups in total. The first-order valence-corrected chi connectivity index (χ1v) is 8.51. The van der Waals surface area contributed by atoms with Gasteiger partial charge in [0.1, 0.15) is 24.0 Å². The molecule has 4 nitrogen and oxygen atoms in total. The smallest absolute Gasteiger partial charge is 0.203 e. The highest BCUT2D eigenvalue weighted by molar-refractivity contribution is 6.14. The Morgan fingerprint density at radius 3 is 2.74 bits per heavy atom. The van der Waals surface area contributed by atoms with Crippen molar-refractivity contribution in [2.24, 2.45) is 0 Å². The van der Waals surface area contributed by atoms with Crippen LogP contribution in [0.2, 0.25) is 0 Å². The van der Waals surface area contributed by atoms with Gasteiger partial charge in [-0.25, -0.2) is 0 Å². The van der Waals surface area contributed by atoms with Crippen LogP contribution < -0.4 is 4.74 Å². The highest BCUT2D eigenvalue weighted by Gasteiger charge is 2.13. The second kappa shape index (κ2) is 8.59. The third kappa shape index (κ3) is 4.68. The number of para-hydroxylation sites is 1. The maximum absolute atomic E-state index is 12.7. The lowest BCUT2D eigenvalue weighted by atomic mass is 10.0. The van der Waals surface area contributed by atoms with E-state index in [0.29, 0.717) is 23.5 Å². The fourth-order valence-corrected chi connectivity index (χ4v) is 2.62. The number of carbonyl (C=O) groups is 1. The van der Waals surface area contributed by atoms with E-state index in [4.69, 9.17) is 4.74 Å². The van der Waals surface area contributed by atoms with E-state index in [1.54, 1.807) is 30.6 Å². The molecule has 0 atom stereocenters. The van der Waals surface area contributed by atoms with Gasteiger partial charge < -0.3 is 4.74 Å². The van der Waals surface area contributed by atoms with Gasteiger partial charge in [0.15, 0.2) is 0 Å². The number of pyridine rings is 1. The zero-order chi connectivity index (χ0) is 19.1. The summed E-state index contributed by atoms with van der Waals surface area (Å²) in [6.07, 6.45) is 5.01. The normalized spacial score (nSPS) is 10.9. The summed E-state index contributed by atoms with van der Waals surface area (Å²) in [6.45, 7) is 2.26. The minimum Gasteiger partial charge on any atom is -0.488 e. The van der Waals surface area contributed by atoms with Gasteiger partial charge in [0.05, 0.1) is 0 Å². The molecular formula is C23H18N2O2. The zero-order valence-corrected chi connectivity index (χ0v) is 14.9. The van der Waals surface area contributed by atoms with Gasteiger partial charge in [-0.3, -0.25) is 9.78 Å². The predicted molar refractivity (Wildman–Crippen MR) is 104 cm³/mol. The molecule has 1 heterocycles. The van der Waals surface area contributed by atoms with Crippen molar-refractivity contribution >= 4 is 11.9 Å². The summed E-state index contributed by atoms with van der Waals surface area (Å²) in [5, 5.41) is 9.50. The monoisotopic (exact) mass is 354 g/mol. The summed E-state index contributed by atoms with van der Waals surface area (Å²) < 4.78 is 5.87. The SMILES string of the molecule is Cc1cccc(C(=O)/C(C#N)=C/c2ccccc2OCc2cccnc2)c1. The van der Waals surface area contributed by atoms with E-state index in [1.807, 2.05) is 61.5 Å². The summed E-state index contributed by atoms with van der Waals surface area (Å²) in [7, 11) is 0. The molecule has 0 bridgehead atoms. The zero-order valence-electron chi connectivity index (χ0n) is 14.9. The predicted octanol–water partition coefficient (Wildman–Crippen LogP) is 4.76. The molecule has 0 aliphatic rings. The van der Waals surface area contributed by atoms with Gasteiger partial charge >= 0.3 is 0 Å². The number of aromatic nitrogens is 1. The van der Waals surface area contributed by atoms with Crippen LogP contribution in [0.5, 0.6) is 5.75 Å². The number of ketones is 1. The third-order valence-electron chi connectivity index (χ3n) is 3.98. The van der Waals surface area contributed by atoms with Crippen molar-refractivity contribution in [3.05, 3.63) is 101 Å². The molecule has 1 aromatic heterocycles. The van der Waals surface area contributed by atoms with Crippen LogP contribution in [0, 0.1) is 18.3 Å². The van der Waals surface area contributed by atoms with Crippen molar-refractivity contribution in [2.75, 3.05) is 0 Å². The molecule has 0 aliphatic carbocycles. The van der Waals surface area contributed by atoms with E-state index in [-0.39, 0.29) is 11.4 Å². The number of aryl methyl sites for hydroxylation is 1. The number of carbonyl (C=O) groups excluding carboxylic acids is 1. The molecule has 0 saturated carbocycles. The lowest BCUT2D eigenvalue weighted by Gasteiger charge is -2.09. The minimum absolute atomic E-state index is 0.0676. The van der Waals surface area contributed by atoms with Gasteiger partial charge in [0, 0.05) is 29.1 Å². The third-order valence-corrected chi connectivity index (χ3v) is 3.98. The van der Waals surface area contributed by atoms with Gasteiger partial charge in [-0.15, -0.1) is 0 Å². The Kier molecular flexibility index (Phi) is 5.76. The molecule has 0 spiro atoms. The molecule has 4 heteroatoms. The van der Waals surface area contributed by atoms with Crippen molar-refractivity contribution in [3.8, 4) is 11.8 Å². The van der Waals surface area contributed by atoms with Crippen molar-refractivity contribution in [2.45, 2.75) is 13.5 Å². The van der Waals surface area contributed by atoms with Crippen LogP contribution in [-0.2, 0) is 6.61 Å². The number of benzene rings is 2. The molecule has 0 amide bonds. The van der Waals surface area contributed by atoms with Crippen LogP contribution in [0.25, 0.3) is 6.08 Å². The van der Waals surface area contributed by atoms with Gasteiger partial charge in [-0.05, 0) is 31.2 Å². The number of hydrogen-bond donors (Lipinski definition) is 0. The average Bonchev–Trinajstić information content (AvgIpc) is 2.71. The Hall–Kier alpha value is -3.71. The highest BCUT2D eigenvalue weighted by Crippen LogP contribution is 2.23. The molecule has 3 aromatic rings. The van der Waals surface area contributed by atoms with E-state index in [0.717, 1.165) is 11.1 Å². The van der Waals surface area contributed by atoms with Crippen LogP contribution in [0.15, 0.2) is 78.6 Å². The summed E-state index contributed by atoms with van der Waals surface area (Å²) in [5.41, 5.74) is 3.15. The number of nitrogens with zero attached hydrogens (tertiary/aromatic N) is 2. The van der Waals surface area contributed by atoms with Gasteiger partial charge in [0.25, 0.3) is 0 Å². The second-order valence-electron chi connectivity index (χ2n) is 6.06. The molecule has 132 valence electrons. The Balaban J connectivity index is 1.86. The first-order valence-electron chi connectivity index (χ1n) is 8.51. The van der Waals surface area contributed by atoms with Crippen molar-refractivity contribution in [1.82, 2.24) is 4.98 Å². The van der Waals surface area contributed by atoms with E-state index >= 15 is 0 Å². The lowest BCUT2D eigenvalue weighted by molar-refractivity contribution is 0.104. The van der Waals surface area contributed by atoms with E-state index in [1.165, 1.54) is 0 Å². The number of allylic oxidation sites excluding steroid dienone is 1. The maximum atomic E-state index is 12.7. The van der Waals surface area contributed by atoms with E-state index < -0.39 is 0 Å². The van der Waals surface area contributed by atoms with Crippen LogP contribution in [0.3, 0.4) is 0 Å².